The van der Waals surface area contributed by atoms with Gasteiger partial charge < -0.3 is 109 Å². The highest BCUT2D eigenvalue weighted by molar-refractivity contribution is 5.99. The number of phenolic OH excluding ortho intramolecular Hbond substituents is 1. The molecule has 34 heteroatoms. The van der Waals surface area contributed by atoms with Gasteiger partial charge in [0, 0.05) is 26.1 Å². The maximum atomic E-state index is 14.7. The number of carbonyl (C=O) groups excluding carboxylic acids is 11. The molecule has 2 aromatic rings. The van der Waals surface area contributed by atoms with Crippen molar-refractivity contribution in [3.63, 3.8) is 0 Å². The van der Waals surface area contributed by atoms with Gasteiger partial charge in [0.05, 0.1) is 25.6 Å². The molecule has 0 saturated carbocycles. The first-order valence-electron chi connectivity index (χ1n) is 31.7. The second kappa shape index (κ2) is 42.5. The lowest BCUT2D eigenvalue weighted by atomic mass is 9.96. The number of nitrogens with one attached hydrogen (secondary N) is 9. The molecule has 27 N–H and O–H groups in total. The van der Waals surface area contributed by atoms with Gasteiger partial charge in [-0.25, -0.2) is 0 Å². The van der Waals surface area contributed by atoms with Gasteiger partial charge in [-0.15, -0.1) is 0 Å². The highest BCUT2D eigenvalue weighted by Crippen LogP contribution is 2.21. The van der Waals surface area contributed by atoms with Gasteiger partial charge in [0.25, 0.3) is 0 Å². The van der Waals surface area contributed by atoms with Crippen molar-refractivity contribution in [3.05, 3.63) is 65.7 Å². The number of phenols is 1. The minimum absolute atomic E-state index is 0.00266. The number of primary amides is 1. The van der Waals surface area contributed by atoms with Crippen LogP contribution in [0.15, 0.2) is 64.6 Å². The van der Waals surface area contributed by atoms with Crippen molar-refractivity contribution in [2.24, 2.45) is 61.8 Å². The van der Waals surface area contributed by atoms with Crippen LogP contribution in [0, 0.1) is 5.92 Å². The van der Waals surface area contributed by atoms with E-state index < -0.39 is 151 Å². The van der Waals surface area contributed by atoms with Gasteiger partial charge in [-0.3, -0.25) is 67.5 Å². The Bertz CT molecular complexity index is 2930. The van der Waals surface area contributed by atoms with E-state index in [1.807, 2.05) is 0 Å². The molecule has 34 nitrogen and oxygen atoms in total. The predicted molar refractivity (Wildman–Crippen MR) is 351 cm³/mol. The van der Waals surface area contributed by atoms with Crippen molar-refractivity contribution in [1.29, 1.82) is 0 Å². The molecule has 1 fully saturated rings. The largest absolute Gasteiger partial charge is 0.508 e. The van der Waals surface area contributed by atoms with E-state index in [1.54, 1.807) is 56.3 Å². The van der Waals surface area contributed by atoms with Crippen LogP contribution in [0.5, 0.6) is 5.75 Å². The van der Waals surface area contributed by atoms with E-state index in [0.29, 0.717) is 43.4 Å². The van der Waals surface area contributed by atoms with E-state index in [2.05, 4.69) is 57.8 Å². The van der Waals surface area contributed by atoms with Gasteiger partial charge >= 0.3 is 5.97 Å². The van der Waals surface area contributed by atoms with Crippen LogP contribution in [-0.2, 0) is 70.4 Å². The molecule has 0 aromatic heterocycles. The van der Waals surface area contributed by atoms with Crippen LogP contribution in [0.3, 0.4) is 0 Å². The third kappa shape index (κ3) is 29.9. The summed E-state index contributed by atoms with van der Waals surface area (Å²) in [6.07, 6.45) is 1.43. The summed E-state index contributed by atoms with van der Waals surface area (Å²) in [5.74, 6) is -11.9. The van der Waals surface area contributed by atoms with Crippen LogP contribution in [0.4, 0.5) is 0 Å². The molecule has 0 bridgehead atoms. The highest BCUT2D eigenvalue weighted by Gasteiger charge is 2.41. The van der Waals surface area contributed by atoms with Gasteiger partial charge in [0.1, 0.15) is 54.1 Å². The average molecular weight is 1340 g/mol. The second-order valence-electron chi connectivity index (χ2n) is 23.1. The van der Waals surface area contributed by atoms with Crippen LogP contribution in [0.1, 0.15) is 115 Å². The number of hydrogen-bond acceptors (Lipinski definition) is 18. The molecule has 95 heavy (non-hydrogen) atoms. The Balaban J connectivity index is 1.91. The summed E-state index contributed by atoms with van der Waals surface area (Å²) in [6.45, 7) is 2.59. The maximum Gasteiger partial charge on any atom is 0.305 e. The number of benzene rings is 2. The summed E-state index contributed by atoms with van der Waals surface area (Å²) in [7, 11) is 0. The minimum atomic E-state index is -1.76. The van der Waals surface area contributed by atoms with Gasteiger partial charge in [-0.2, -0.15) is 0 Å². The van der Waals surface area contributed by atoms with E-state index in [9.17, 15) is 67.7 Å². The SMILES string of the molecule is CC[C@H](C)[C@H](NC(=O)[C@H](CCCN=C(N)N)NC(=O)[C@H](CCCN=C(N)N)NC(=O)[C@H](CCCCN)NC(=O)[C@H](Cc1ccccc1)NC(=O)CNC(=O)CNC(=O)[C@@H](N)Cc1ccc(O)cc1)C(=O)N[C@H](CC(=O)O)C(=O)N1CCC[C@H]1C(=O)N[C@@H](CCCCN)C(N)=O. The van der Waals surface area contributed by atoms with Crippen molar-refractivity contribution in [2.45, 2.75) is 171 Å². The molecule has 1 heterocycles. The molecule has 1 saturated heterocycles. The number of carbonyl (C=O) groups is 12. The van der Waals surface area contributed by atoms with E-state index in [-0.39, 0.29) is 114 Å². The van der Waals surface area contributed by atoms with Crippen molar-refractivity contribution in [1.82, 2.24) is 52.8 Å². The fourth-order valence-corrected chi connectivity index (χ4v) is 10.1. The molecular formula is C61H98N20O14. The van der Waals surface area contributed by atoms with E-state index in [1.165, 1.54) is 12.1 Å². The number of aliphatic carboxylic acids is 1. The Morgan fingerprint density at radius 1 is 0.558 bits per heavy atom. The third-order valence-corrected chi connectivity index (χ3v) is 15.5. The zero-order valence-corrected chi connectivity index (χ0v) is 54.0. The zero-order valence-electron chi connectivity index (χ0n) is 54.0. The van der Waals surface area contributed by atoms with E-state index in [4.69, 9.17) is 45.9 Å². The Labute approximate surface area is 551 Å². The maximum absolute atomic E-state index is 14.7. The van der Waals surface area contributed by atoms with E-state index >= 15 is 0 Å². The monoisotopic (exact) mass is 1330 g/mol. The predicted octanol–water partition coefficient (Wildman–Crippen LogP) is -5.51. The molecule has 10 atom stereocenters. The average Bonchev–Trinajstić information content (AvgIpc) is 1.80. The topological polar surface area (TPSA) is 590 Å². The molecule has 3 rings (SSSR count). The van der Waals surface area contributed by atoms with Gasteiger partial charge in [-0.05, 0) is 126 Å². The normalized spacial score (nSPS) is 15.4. The zero-order chi connectivity index (χ0) is 70.6. The van der Waals surface area contributed by atoms with Gasteiger partial charge in [0.15, 0.2) is 11.9 Å². The molecule has 1 aliphatic heterocycles. The minimum Gasteiger partial charge on any atom is -0.508 e. The number of likely N-dealkylation sites (tertiary alicyclic amines) is 1. The van der Waals surface area contributed by atoms with Crippen molar-refractivity contribution >= 4 is 82.9 Å². The molecule has 0 aliphatic carbocycles. The summed E-state index contributed by atoms with van der Waals surface area (Å²) in [4.78, 5) is 173. The van der Waals surface area contributed by atoms with Crippen LogP contribution in [0.2, 0.25) is 0 Å². The number of carboxylic acids is 1. The quantitative estimate of drug-likeness (QED) is 0.0167. The molecule has 2 aromatic carbocycles. The van der Waals surface area contributed by atoms with Crippen molar-refractivity contribution in [3.8, 4) is 5.75 Å². The lowest BCUT2D eigenvalue weighted by Crippen LogP contribution is -2.61. The van der Waals surface area contributed by atoms with Crippen LogP contribution >= 0.6 is 0 Å². The standard InChI is InChI=1S/C61H98N20O14/c1-3-35(2)50(58(94)79-45(32-49(85)86)59(95)81-29-13-20-46(81)57(93)75-40(51(65)87)16-7-9-25-62)80-55(91)43(19-12-28-71-61(68)69)77-54(90)42(18-11-27-70-60(66)67)76-53(89)41(17-8-10-26-63)78-56(92)44(31-36-14-5-4-6-15-36)74-48(84)34-72-47(83)33-73-52(88)39(64)30-37-21-23-38(82)24-22-37/h4-6,14-15,21-24,35,39-46,50,82H,3,7-13,16-20,25-34,62-64H2,1-2H3,(H2,65,87)(H,72,83)(H,73,88)(H,74,84)(H,75,93)(H,76,89)(H,77,90)(H,78,92)(H,79,94)(H,80,91)(H,85,86)(H4,66,67,70)(H4,68,69,71)/t35-,39-,40-,41-,42-,43-,44-,45+,46-,50-/m0/s1. The Morgan fingerprint density at radius 3 is 1.57 bits per heavy atom. The molecule has 526 valence electrons. The van der Waals surface area contributed by atoms with Crippen molar-refractivity contribution in [2.75, 3.05) is 45.8 Å². The van der Waals surface area contributed by atoms with Crippen LogP contribution < -0.4 is 93.7 Å². The van der Waals surface area contributed by atoms with Crippen LogP contribution in [0.25, 0.3) is 0 Å². The van der Waals surface area contributed by atoms with Crippen molar-refractivity contribution < 1.29 is 67.7 Å². The number of carboxylic acid groups (broad SMARTS) is 1. The lowest BCUT2D eigenvalue weighted by molar-refractivity contribution is -0.146. The molecule has 0 radical (unpaired) electrons. The number of nitrogens with two attached hydrogens (primary N) is 8. The number of nitrogens with zero attached hydrogens (tertiary/aromatic N) is 3. The number of guanidine groups is 2. The summed E-state index contributed by atoms with van der Waals surface area (Å²) in [5, 5.41) is 42.7. The number of aliphatic imine (C=N–C) groups is 2. The highest BCUT2D eigenvalue weighted by atomic mass is 16.4. The number of aromatic hydroxyl groups is 1. The second-order valence-corrected chi connectivity index (χ2v) is 23.1. The fourth-order valence-electron chi connectivity index (χ4n) is 10.1. The first-order chi connectivity index (χ1) is 45.2. The number of amides is 11. The Hall–Kier alpha value is -9.70. The third-order valence-electron chi connectivity index (χ3n) is 15.5. The molecule has 1 aliphatic rings. The number of hydrogen-bond donors (Lipinski definition) is 19. The van der Waals surface area contributed by atoms with Gasteiger partial charge in [0.2, 0.25) is 65.0 Å². The fraction of sp³-hybridized carbons (Fsp3) is 0.574. The molecule has 0 spiro atoms. The van der Waals surface area contributed by atoms with Crippen LogP contribution in [-0.4, -0.2) is 198 Å². The first-order valence-corrected chi connectivity index (χ1v) is 31.7. The van der Waals surface area contributed by atoms with Gasteiger partial charge in [-0.1, -0.05) is 62.7 Å². The first kappa shape index (κ1) is 79.5. The molecule has 0 unspecified atom stereocenters. The summed E-state index contributed by atoms with van der Waals surface area (Å²) < 4.78 is 0. The summed E-state index contributed by atoms with van der Waals surface area (Å²) >= 11 is 0. The smallest absolute Gasteiger partial charge is 0.305 e. The summed E-state index contributed by atoms with van der Waals surface area (Å²) in [6, 6.07) is 2.36. The Morgan fingerprint density at radius 2 is 1.05 bits per heavy atom. The lowest BCUT2D eigenvalue weighted by Gasteiger charge is -2.31. The molecule has 11 amide bonds. The Kier molecular flexibility index (Phi) is 35.6. The number of rotatable bonds is 44. The molecular weight excluding hydrogens is 1240 g/mol. The number of unbranched alkanes of at least 4 members (excludes halogenated alkanes) is 2. The summed E-state index contributed by atoms with van der Waals surface area (Å²) in [5.41, 5.74) is 46.6. The van der Waals surface area contributed by atoms with E-state index in [0.717, 1.165) is 4.90 Å².